The Morgan fingerprint density at radius 2 is 1.24 bits per heavy atom. The number of alkyl halides is 3. The van der Waals surface area contributed by atoms with Gasteiger partial charge in [-0.3, -0.25) is 4.79 Å². The van der Waals surface area contributed by atoms with Gasteiger partial charge in [0.2, 0.25) is 0 Å². The second-order valence-electron chi connectivity index (χ2n) is 9.24. The van der Waals surface area contributed by atoms with Crippen molar-refractivity contribution in [3.63, 3.8) is 0 Å². The van der Waals surface area contributed by atoms with Crippen LogP contribution in [0.3, 0.4) is 0 Å². The summed E-state index contributed by atoms with van der Waals surface area (Å²) in [5.74, 6) is -0.455. The molecule has 37 heavy (non-hydrogen) atoms. The van der Waals surface area contributed by atoms with Crippen LogP contribution in [-0.2, 0) is 14.9 Å². The lowest BCUT2D eigenvalue weighted by atomic mass is 9.88. The molecule has 0 aliphatic heterocycles. The lowest BCUT2D eigenvalue weighted by molar-refractivity contribution is -0.143. The lowest BCUT2D eigenvalue weighted by Crippen LogP contribution is -2.28. The number of benzene rings is 3. The summed E-state index contributed by atoms with van der Waals surface area (Å²) >= 11 is 0. The molecule has 0 heterocycles. The number of esters is 1. The second-order valence-corrected chi connectivity index (χ2v) is 10.8. The van der Waals surface area contributed by atoms with Crippen molar-refractivity contribution in [1.29, 1.82) is 0 Å². The van der Waals surface area contributed by atoms with Crippen molar-refractivity contribution in [3.05, 3.63) is 95.6 Å². The normalized spacial score (nSPS) is 13.1. The Bertz CT molecular complexity index is 1370. The molecule has 0 saturated carbocycles. The van der Waals surface area contributed by atoms with Gasteiger partial charge in [0.1, 0.15) is 11.5 Å². The third kappa shape index (κ3) is 6.80. The summed E-state index contributed by atoms with van der Waals surface area (Å²) in [6.07, 6.45) is 0.626. The molecule has 0 atom stereocenters. The topological polar surface area (TPSA) is 69.7 Å². The third-order valence-corrected chi connectivity index (χ3v) is 6.35. The first-order valence-electron chi connectivity index (χ1n) is 11.5. The van der Waals surface area contributed by atoms with E-state index in [1.165, 1.54) is 24.3 Å². The van der Waals surface area contributed by atoms with E-state index in [9.17, 15) is 26.4 Å². The van der Waals surface area contributed by atoms with E-state index in [1.54, 1.807) is 45.0 Å². The molecule has 0 N–H and O–H groups in total. The minimum atomic E-state index is -5.78. The SMILES string of the molecule is CC/C(=C(\c1ccc(OC(=O)C(C)(C)C)cc1)c1ccc(OS(=O)(=O)C(F)(F)F)cc1)c1ccccc1. The molecule has 0 bridgehead atoms. The number of rotatable bonds is 7. The van der Waals surface area contributed by atoms with E-state index < -0.39 is 26.8 Å². The van der Waals surface area contributed by atoms with Crippen molar-refractivity contribution in [3.8, 4) is 11.5 Å². The molecule has 3 rings (SSSR count). The quantitative estimate of drug-likeness (QED) is 0.106. The van der Waals surface area contributed by atoms with Crippen LogP contribution < -0.4 is 8.92 Å². The number of hydrogen-bond donors (Lipinski definition) is 0. The molecule has 3 aromatic carbocycles. The first-order valence-corrected chi connectivity index (χ1v) is 12.9. The Kier molecular flexibility index (Phi) is 8.17. The van der Waals surface area contributed by atoms with Crippen LogP contribution >= 0.6 is 0 Å². The highest BCUT2D eigenvalue weighted by molar-refractivity contribution is 7.88. The predicted octanol–water partition coefficient (Wildman–Crippen LogP) is 7.24. The van der Waals surface area contributed by atoms with Crippen LogP contribution in [0.4, 0.5) is 13.2 Å². The van der Waals surface area contributed by atoms with Crippen molar-refractivity contribution in [2.24, 2.45) is 5.41 Å². The van der Waals surface area contributed by atoms with E-state index in [0.717, 1.165) is 22.3 Å². The Hall–Kier alpha value is -3.59. The van der Waals surface area contributed by atoms with Gasteiger partial charge in [0.05, 0.1) is 5.41 Å². The van der Waals surface area contributed by atoms with Crippen LogP contribution in [0, 0.1) is 5.41 Å². The average Bonchev–Trinajstić information content (AvgIpc) is 2.83. The minimum absolute atomic E-state index is 0.376. The molecule has 0 fully saturated rings. The highest BCUT2D eigenvalue weighted by Gasteiger charge is 2.48. The Morgan fingerprint density at radius 1 is 0.757 bits per heavy atom. The summed E-state index contributed by atoms with van der Waals surface area (Å²) in [5, 5.41) is 0. The van der Waals surface area contributed by atoms with Crippen LogP contribution in [0.25, 0.3) is 11.1 Å². The van der Waals surface area contributed by atoms with Gasteiger partial charge in [0.25, 0.3) is 0 Å². The third-order valence-electron chi connectivity index (χ3n) is 5.38. The number of halogens is 3. The van der Waals surface area contributed by atoms with E-state index in [1.807, 2.05) is 37.3 Å². The van der Waals surface area contributed by atoms with E-state index in [4.69, 9.17) is 4.74 Å². The van der Waals surface area contributed by atoms with Gasteiger partial charge >= 0.3 is 21.6 Å². The fraction of sp³-hybridized carbons (Fsp3) is 0.250. The zero-order valence-corrected chi connectivity index (χ0v) is 21.6. The number of ether oxygens (including phenoxy) is 1. The molecule has 0 amide bonds. The van der Waals surface area contributed by atoms with Crippen LogP contribution in [0.5, 0.6) is 11.5 Å². The summed E-state index contributed by atoms with van der Waals surface area (Å²) < 4.78 is 70.6. The van der Waals surface area contributed by atoms with Gasteiger partial charge in [-0.2, -0.15) is 21.6 Å². The molecule has 0 aliphatic carbocycles. The monoisotopic (exact) mass is 532 g/mol. The number of allylic oxidation sites excluding steroid dienone is 1. The van der Waals surface area contributed by atoms with Crippen molar-refractivity contribution in [2.45, 2.75) is 39.6 Å². The summed E-state index contributed by atoms with van der Waals surface area (Å²) in [6, 6.07) is 21.9. The Labute approximate surface area is 214 Å². The first kappa shape index (κ1) is 28.0. The molecule has 0 aromatic heterocycles. The van der Waals surface area contributed by atoms with Crippen LogP contribution in [0.2, 0.25) is 0 Å². The highest BCUT2D eigenvalue weighted by Crippen LogP contribution is 2.36. The average molecular weight is 533 g/mol. The molecule has 196 valence electrons. The standard InChI is InChI=1S/C28H27F3O5S/c1-5-24(19-9-7-6-8-10-19)25(20-11-15-22(16-12-20)35-26(32)27(2,3)4)21-13-17-23(18-14-21)36-37(33,34)28(29,30)31/h6-18H,5H2,1-4H3/b25-24-. The summed E-state index contributed by atoms with van der Waals surface area (Å²) in [4.78, 5) is 12.3. The maximum atomic E-state index is 12.7. The largest absolute Gasteiger partial charge is 0.534 e. The molecule has 9 heteroatoms. The van der Waals surface area contributed by atoms with Gasteiger partial charge < -0.3 is 8.92 Å². The first-order chi connectivity index (χ1) is 17.2. The van der Waals surface area contributed by atoms with Crippen molar-refractivity contribution in [2.75, 3.05) is 0 Å². The van der Waals surface area contributed by atoms with Gasteiger partial charge in [-0.05, 0) is 79.3 Å². The predicted molar refractivity (Wildman–Crippen MR) is 136 cm³/mol. The fourth-order valence-corrected chi connectivity index (χ4v) is 3.94. The number of carbonyl (C=O) groups is 1. The van der Waals surface area contributed by atoms with Crippen LogP contribution in [0.15, 0.2) is 78.9 Å². The van der Waals surface area contributed by atoms with Crippen molar-refractivity contribution >= 4 is 27.2 Å². The molecule has 0 spiro atoms. The lowest BCUT2D eigenvalue weighted by Gasteiger charge is -2.18. The highest BCUT2D eigenvalue weighted by atomic mass is 32.2. The molecule has 3 aromatic rings. The van der Waals surface area contributed by atoms with Crippen molar-refractivity contribution < 1.29 is 35.3 Å². The molecule has 0 radical (unpaired) electrons. The zero-order chi connectivity index (χ0) is 27.4. The summed E-state index contributed by atoms with van der Waals surface area (Å²) in [6.45, 7) is 7.25. The maximum absolute atomic E-state index is 12.7. The molecular formula is C28H27F3O5S. The van der Waals surface area contributed by atoms with E-state index in [-0.39, 0.29) is 5.97 Å². The Balaban J connectivity index is 2.06. The minimum Gasteiger partial charge on any atom is -0.426 e. The van der Waals surface area contributed by atoms with Gasteiger partial charge in [0.15, 0.2) is 0 Å². The van der Waals surface area contributed by atoms with Gasteiger partial charge in [0, 0.05) is 0 Å². The fourth-order valence-electron chi connectivity index (χ4n) is 3.48. The Morgan fingerprint density at radius 3 is 1.68 bits per heavy atom. The zero-order valence-electron chi connectivity index (χ0n) is 20.8. The maximum Gasteiger partial charge on any atom is 0.534 e. The van der Waals surface area contributed by atoms with E-state index >= 15 is 0 Å². The van der Waals surface area contributed by atoms with E-state index in [0.29, 0.717) is 17.7 Å². The number of hydrogen-bond acceptors (Lipinski definition) is 5. The molecule has 0 unspecified atom stereocenters. The molecular weight excluding hydrogens is 505 g/mol. The van der Waals surface area contributed by atoms with Crippen LogP contribution in [-0.4, -0.2) is 19.9 Å². The number of carbonyl (C=O) groups excluding carboxylic acids is 1. The molecule has 0 aliphatic rings. The van der Waals surface area contributed by atoms with Gasteiger partial charge in [-0.1, -0.05) is 61.5 Å². The smallest absolute Gasteiger partial charge is 0.426 e. The van der Waals surface area contributed by atoms with Crippen molar-refractivity contribution in [1.82, 2.24) is 0 Å². The summed E-state index contributed by atoms with van der Waals surface area (Å²) in [7, 11) is -5.78. The van der Waals surface area contributed by atoms with Crippen LogP contribution in [0.1, 0.15) is 50.8 Å². The molecule has 5 nitrogen and oxygen atoms in total. The molecule has 0 saturated heterocycles. The van der Waals surface area contributed by atoms with Gasteiger partial charge in [-0.25, -0.2) is 0 Å². The van der Waals surface area contributed by atoms with E-state index in [2.05, 4.69) is 4.18 Å². The summed E-state index contributed by atoms with van der Waals surface area (Å²) in [5.41, 5.74) is -2.11. The second kappa shape index (κ2) is 10.8. The van der Waals surface area contributed by atoms with Gasteiger partial charge in [-0.15, -0.1) is 0 Å².